The maximum Gasteiger partial charge on any atom is 0.0904 e. The molecule has 2 N–H and O–H groups in total. The van der Waals surface area contributed by atoms with E-state index in [0.29, 0.717) is 6.54 Å². The quantitative estimate of drug-likeness (QED) is 0.881. The van der Waals surface area contributed by atoms with Gasteiger partial charge in [-0.25, -0.2) is 0 Å². The largest absolute Gasteiger partial charge is 0.387 e. The predicted molar refractivity (Wildman–Crippen MR) is 77.1 cm³/mol. The highest BCUT2D eigenvalue weighted by molar-refractivity contribution is 5.36. The summed E-state index contributed by atoms with van der Waals surface area (Å²) in [4.78, 5) is 0. The molecule has 1 aliphatic rings. The number of β-amino-alcohol motifs (C(OH)–C–C–N with tert-alkyl or cyclic N) is 1. The number of nitrogens with one attached hydrogen (secondary N) is 1. The van der Waals surface area contributed by atoms with Crippen molar-refractivity contribution in [2.75, 3.05) is 6.54 Å². The first-order chi connectivity index (χ1) is 9.18. The minimum atomic E-state index is -0.643. The summed E-state index contributed by atoms with van der Waals surface area (Å²) < 4.78 is 0. The molecule has 2 aromatic carbocycles. The molecule has 2 atom stereocenters. The zero-order valence-corrected chi connectivity index (χ0v) is 11.1. The first-order valence-corrected chi connectivity index (χ1v) is 6.74. The normalized spacial score (nSPS) is 26.2. The molecule has 2 unspecified atom stereocenters. The third-order valence-electron chi connectivity index (χ3n) is 4.00. The monoisotopic (exact) mass is 253 g/mol. The van der Waals surface area contributed by atoms with E-state index in [1.54, 1.807) is 0 Å². The van der Waals surface area contributed by atoms with Crippen LogP contribution in [-0.4, -0.2) is 23.3 Å². The van der Waals surface area contributed by atoms with Crippen LogP contribution in [0.5, 0.6) is 0 Å². The van der Waals surface area contributed by atoms with Crippen molar-refractivity contribution in [1.29, 1.82) is 0 Å². The van der Waals surface area contributed by atoms with Gasteiger partial charge in [0.15, 0.2) is 0 Å². The van der Waals surface area contributed by atoms with Gasteiger partial charge < -0.3 is 10.4 Å². The van der Waals surface area contributed by atoms with Gasteiger partial charge in [-0.1, -0.05) is 60.7 Å². The second-order valence-corrected chi connectivity index (χ2v) is 5.51. The lowest BCUT2D eigenvalue weighted by atomic mass is 9.73. The molecule has 0 saturated carbocycles. The van der Waals surface area contributed by atoms with E-state index in [1.165, 1.54) is 11.1 Å². The van der Waals surface area contributed by atoms with E-state index in [-0.39, 0.29) is 12.0 Å². The van der Waals surface area contributed by atoms with E-state index in [2.05, 4.69) is 53.8 Å². The summed E-state index contributed by atoms with van der Waals surface area (Å²) in [5, 5.41) is 13.8. The van der Waals surface area contributed by atoms with Gasteiger partial charge in [0.1, 0.15) is 0 Å². The van der Waals surface area contributed by atoms with Gasteiger partial charge in [0.25, 0.3) is 0 Å². The standard InChI is InChI=1S/C17H19NO/c1-17(19)12-18-16(17)15(13-8-4-2-5-9-13)14-10-6-3-7-11-14/h2-11,15-16,18-19H,12H2,1H3. The van der Waals surface area contributed by atoms with Crippen LogP contribution in [0.4, 0.5) is 0 Å². The summed E-state index contributed by atoms with van der Waals surface area (Å²) in [7, 11) is 0. The Hall–Kier alpha value is -1.64. The van der Waals surface area contributed by atoms with Crippen molar-refractivity contribution in [3.05, 3.63) is 71.8 Å². The third kappa shape index (κ3) is 2.29. The summed E-state index contributed by atoms with van der Waals surface area (Å²) in [6.07, 6.45) is 0. The molecule has 98 valence electrons. The van der Waals surface area contributed by atoms with E-state index in [4.69, 9.17) is 0 Å². The van der Waals surface area contributed by atoms with E-state index < -0.39 is 5.60 Å². The zero-order chi connectivity index (χ0) is 13.3. The van der Waals surface area contributed by atoms with Crippen LogP contribution in [0.2, 0.25) is 0 Å². The summed E-state index contributed by atoms with van der Waals surface area (Å²) >= 11 is 0. The SMILES string of the molecule is CC1(O)CNC1C(c1ccccc1)c1ccccc1. The van der Waals surface area contributed by atoms with Crippen LogP contribution < -0.4 is 5.32 Å². The van der Waals surface area contributed by atoms with Gasteiger partial charge in [-0.15, -0.1) is 0 Å². The Labute approximate surface area is 114 Å². The Morgan fingerprint density at radius 2 is 1.47 bits per heavy atom. The van der Waals surface area contributed by atoms with Crippen molar-refractivity contribution in [1.82, 2.24) is 5.32 Å². The van der Waals surface area contributed by atoms with E-state index >= 15 is 0 Å². The maximum atomic E-state index is 10.4. The minimum Gasteiger partial charge on any atom is -0.387 e. The average Bonchev–Trinajstić information content (AvgIpc) is 2.45. The van der Waals surface area contributed by atoms with Crippen LogP contribution in [0, 0.1) is 0 Å². The lowest BCUT2D eigenvalue weighted by Crippen LogP contribution is -2.68. The first-order valence-electron chi connectivity index (χ1n) is 6.74. The van der Waals surface area contributed by atoms with Gasteiger partial charge in [-0.2, -0.15) is 0 Å². The van der Waals surface area contributed by atoms with Crippen LogP contribution in [0.25, 0.3) is 0 Å². The predicted octanol–water partition coefficient (Wildman–Crippen LogP) is 2.54. The topological polar surface area (TPSA) is 32.3 Å². The molecule has 1 aliphatic heterocycles. The van der Waals surface area contributed by atoms with E-state index in [0.717, 1.165) is 0 Å². The molecule has 1 heterocycles. The number of hydrogen-bond donors (Lipinski definition) is 2. The molecule has 3 rings (SSSR count). The molecule has 2 heteroatoms. The smallest absolute Gasteiger partial charge is 0.0904 e. The van der Waals surface area contributed by atoms with Crippen LogP contribution >= 0.6 is 0 Å². The van der Waals surface area contributed by atoms with E-state index in [1.807, 2.05) is 19.1 Å². The molecule has 0 aliphatic carbocycles. The van der Waals surface area contributed by atoms with Crippen LogP contribution in [0.3, 0.4) is 0 Å². The maximum absolute atomic E-state index is 10.4. The van der Waals surface area contributed by atoms with Gasteiger partial charge in [-0.3, -0.25) is 0 Å². The van der Waals surface area contributed by atoms with Gasteiger partial charge >= 0.3 is 0 Å². The summed E-state index contributed by atoms with van der Waals surface area (Å²) in [6, 6.07) is 20.9. The van der Waals surface area contributed by atoms with Crippen LogP contribution in [-0.2, 0) is 0 Å². The highest BCUT2D eigenvalue weighted by atomic mass is 16.3. The zero-order valence-electron chi connectivity index (χ0n) is 11.1. The van der Waals surface area contributed by atoms with Gasteiger partial charge in [0.2, 0.25) is 0 Å². The molecule has 0 radical (unpaired) electrons. The lowest BCUT2D eigenvalue weighted by molar-refractivity contribution is -0.0470. The highest BCUT2D eigenvalue weighted by Crippen LogP contribution is 2.36. The van der Waals surface area contributed by atoms with E-state index in [9.17, 15) is 5.11 Å². The molecule has 2 aromatic rings. The van der Waals surface area contributed by atoms with Crippen molar-refractivity contribution < 1.29 is 5.11 Å². The fraction of sp³-hybridized carbons (Fsp3) is 0.294. The Morgan fingerprint density at radius 3 is 1.79 bits per heavy atom. The van der Waals surface area contributed by atoms with Crippen LogP contribution in [0.15, 0.2) is 60.7 Å². The Kier molecular flexibility index (Phi) is 3.13. The molecule has 0 amide bonds. The molecular formula is C17H19NO. The van der Waals surface area contributed by atoms with Gasteiger partial charge in [0.05, 0.1) is 5.60 Å². The minimum absolute atomic E-state index is 0.0669. The van der Waals surface area contributed by atoms with Gasteiger partial charge in [-0.05, 0) is 18.1 Å². The molecule has 19 heavy (non-hydrogen) atoms. The van der Waals surface area contributed by atoms with Crippen molar-refractivity contribution >= 4 is 0 Å². The molecule has 1 fully saturated rings. The average molecular weight is 253 g/mol. The van der Waals surface area contributed by atoms with Crippen molar-refractivity contribution in [2.24, 2.45) is 0 Å². The number of benzene rings is 2. The fourth-order valence-corrected chi connectivity index (χ4v) is 2.89. The highest BCUT2D eigenvalue weighted by Gasteiger charge is 2.46. The van der Waals surface area contributed by atoms with Crippen molar-refractivity contribution in [3.8, 4) is 0 Å². The summed E-state index contributed by atoms with van der Waals surface area (Å²) in [5.41, 5.74) is 1.84. The fourth-order valence-electron chi connectivity index (χ4n) is 2.89. The van der Waals surface area contributed by atoms with Gasteiger partial charge in [0, 0.05) is 18.5 Å². The Morgan fingerprint density at radius 1 is 1.00 bits per heavy atom. The summed E-state index contributed by atoms with van der Waals surface area (Å²) in [5.74, 6) is 0.186. The number of hydrogen-bond acceptors (Lipinski definition) is 2. The van der Waals surface area contributed by atoms with Crippen molar-refractivity contribution in [3.63, 3.8) is 0 Å². The van der Waals surface area contributed by atoms with Crippen molar-refractivity contribution in [2.45, 2.75) is 24.5 Å². The molecule has 0 aromatic heterocycles. The Bertz CT molecular complexity index is 496. The molecule has 2 nitrogen and oxygen atoms in total. The second-order valence-electron chi connectivity index (χ2n) is 5.51. The molecule has 0 spiro atoms. The second kappa shape index (κ2) is 4.80. The Balaban J connectivity index is 2.02. The first kappa shape index (κ1) is 12.4. The summed E-state index contributed by atoms with van der Waals surface area (Å²) in [6.45, 7) is 2.57. The van der Waals surface area contributed by atoms with Crippen LogP contribution in [0.1, 0.15) is 24.0 Å². The molecular weight excluding hydrogens is 234 g/mol. The number of rotatable bonds is 3. The molecule has 1 saturated heterocycles. The lowest BCUT2D eigenvalue weighted by Gasteiger charge is -2.48. The number of aliphatic hydroxyl groups is 1. The molecule has 0 bridgehead atoms. The third-order valence-corrected chi connectivity index (χ3v) is 4.00.